The molecule has 2 N–H and O–H groups in total. The average Bonchev–Trinajstić information content (AvgIpc) is 2.73. The second-order valence-electron chi connectivity index (χ2n) is 6.30. The summed E-state index contributed by atoms with van der Waals surface area (Å²) in [4.78, 5) is 12.3. The average molecular weight is 295 g/mol. The van der Waals surface area contributed by atoms with E-state index in [1.807, 2.05) is 26.8 Å². The Balaban J connectivity index is 2.57. The number of aliphatic hydroxyl groups excluding tert-OH is 1. The molecule has 0 fully saturated rings. The summed E-state index contributed by atoms with van der Waals surface area (Å²) in [5.74, 6) is 0.867. The third-order valence-corrected chi connectivity index (χ3v) is 3.70. The number of amides is 1. The van der Waals surface area contributed by atoms with Gasteiger partial charge in [-0.3, -0.25) is 9.48 Å². The summed E-state index contributed by atoms with van der Waals surface area (Å²) in [6.07, 6.45) is 1.74. The van der Waals surface area contributed by atoms with Crippen LogP contribution >= 0.6 is 0 Å². The Labute approximate surface area is 127 Å². The van der Waals surface area contributed by atoms with E-state index in [1.165, 1.54) is 0 Å². The molecule has 0 saturated carbocycles. The van der Waals surface area contributed by atoms with Crippen LogP contribution in [0.25, 0.3) is 0 Å². The molecule has 2 atom stereocenters. The first kappa shape index (κ1) is 17.7. The van der Waals surface area contributed by atoms with Crippen molar-refractivity contribution in [2.75, 3.05) is 13.2 Å². The Morgan fingerprint density at radius 3 is 2.52 bits per heavy atom. The van der Waals surface area contributed by atoms with Crippen LogP contribution < -0.4 is 5.32 Å². The zero-order valence-electron chi connectivity index (χ0n) is 13.9. The first-order chi connectivity index (χ1) is 9.85. The highest BCUT2D eigenvalue weighted by Gasteiger charge is 2.19. The van der Waals surface area contributed by atoms with Crippen molar-refractivity contribution in [1.29, 1.82) is 0 Å². The molecule has 1 aromatic heterocycles. The van der Waals surface area contributed by atoms with Crippen LogP contribution in [0, 0.1) is 25.7 Å². The van der Waals surface area contributed by atoms with E-state index < -0.39 is 0 Å². The number of rotatable bonds is 8. The summed E-state index contributed by atoms with van der Waals surface area (Å²) in [7, 11) is 0. The molecule has 0 aromatic carbocycles. The molecule has 0 aliphatic rings. The fourth-order valence-electron chi connectivity index (χ4n) is 2.69. The van der Waals surface area contributed by atoms with Gasteiger partial charge in [0.25, 0.3) is 0 Å². The third-order valence-electron chi connectivity index (χ3n) is 3.70. The zero-order valence-corrected chi connectivity index (χ0v) is 13.9. The van der Waals surface area contributed by atoms with Gasteiger partial charge >= 0.3 is 0 Å². The minimum atomic E-state index is -0.312. The Kier molecular flexibility index (Phi) is 6.89. The summed E-state index contributed by atoms with van der Waals surface area (Å²) in [6.45, 7) is 10.8. The highest BCUT2D eigenvalue weighted by molar-refractivity contribution is 5.79. The van der Waals surface area contributed by atoms with Crippen LogP contribution in [0.2, 0.25) is 0 Å². The lowest BCUT2D eigenvalue weighted by molar-refractivity contribution is -0.124. The minimum absolute atomic E-state index is 0.0205. The van der Waals surface area contributed by atoms with E-state index in [1.54, 1.807) is 4.68 Å². The van der Waals surface area contributed by atoms with Crippen LogP contribution in [0.15, 0.2) is 6.07 Å². The van der Waals surface area contributed by atoms with E-state index in [0.29, 0.717) is 18.4 Å². The molecule has 120 valence electrons. The van der Waals surface area contributed by atoms with Crippen molar-refractivity contribution in [2.24, 2.45) is 11.8 Å². The number of hydrogen-bond donors (Lipinski definition) is 2. The first-order valence-electron chi connectivity index (χ1n) is 7.76. The number of hydrogen-bond acceptors (Lipinski definition) is 3. The number of nitrogens with one attached hydrogen (secondary N) is 1. The maximum absolute atomic E-state index is 12.3. The number of nitrogens with zero attached hydrogens (tertiary/aromatic N) is 2. The molecule has 0 spiro atoms. The highest BCUT2D eigenvalue weighted by atomic mass is 16.3. The van der Waals surface area contributed by atoms with Gasteiger partial charge in [-0.1, -0.05) is 13.8 Å². The quantitative estimate of drug-likeness (QED) is 0.773. The van der Waals surface area contributed by atoms with E-state index in [0.717, 1.165) is 24.2 Å². The maximum atomic E-state index is 12.3. The van der Waals surface area contributed by atoms with Crippen LogP contribution in [0.5, 0.6) is 0 Å². The van der Waals surface area contributed by atoms with Gasteiger partial charge in [0.15, 0.2) is 0 Å². The molecule has 5 heteroatoms. The van der Waals surface area contributed by atoms with E-state index in [9.17, 15) is 4.79 Å². The lowest BCUT2D eigenvalue weighted by atomic mass is 9.94. The molecule has 0 radical (unpaired) electrons. The molecule has 0 bridgehead atoms. The van der Waals surface area contributed by atoms with Gasteiger partial charge in [0.05, 0.1) is 5.69 Å². The molecular weight excluding hydrogens is 266 g/mol. The second kappa shape index (κ2) is 8.17. The van der Waals surface area contributed by atoms with Crippen LogP contribution in [-0.2, 0) is 4.79 Å². The molecule has 21 heavy (non-hydrogen) atoms. The molecule has 1 rings (SSSR count). The van der Waals surface area contributed by atoms with Crippen molar-refractivity contribution < 1.29 is 9.90 Å². The number of aromatic nitrogens is 2. The van der Waals surface area contributed by atoms with E-state index in [4.69, 9.17) is 5.11 Å². The third kappa shape index (κ3) is 5.50. The smallest absolute Gasteiger partial charge is 0.244 e. The van der Waals surface area contributed by atoms with Crippen LogP contribution in [-0.4, -0.2) is 33.9 Å². The topological polar surface area (TPSA) is 67.2 Å². The predicted octanol–water partition coefficient (Wildman–Crippen LogP) is 2.22. The first-order valence-corrected chi connectivity index (χ1v) is 7.76. The summed E-state index contributed by atoms with van der Waals surface area (Å²) >= 11 is 0. The van der Waals surface area contributed by atoms with Crippen molar-refractivity contribution in [3.8, 4) is 0 Å². The van der Waals surface area contributed by atoms with Crippen molar-refractivity contribution >= 4 is 5.91 Å². The summed E-state index contributed by atoms with van der Waals surface area (Å²) < 4.78 is 1.76. The fourth-order valence-corrected chi connectivity index (χ4v) is 2.69. The monoisotopic (exact) mass is 295 g/mol. The molecular formula is C16H29N3O2. The number of aliphatic hydroxyl groups is 1. The largest absolute Gasteiger partial charge is 0.396 e. The Morgan fingerprint density at radius 1 is 1.38 bits per heavy atom. The van der Waals surface area contributed by atoms with Gasteiger partial charge in [0.1, 0.15) is 6.04 Å². The van der Waals surface area contributed by atoms with Crippen LogP contribution in [0.3, 0.4) is 0 Å². The molecule has 0 saturated heterocycles. The Bertz CT molecular complexity index is 454. The molecule has 1 heterocycles. The zero-order chi connectivity index (χ0) is 16.0. The van der Waals surface area contributed by atoms with Gasteiger partial charge in [-0.15, -0.1) is 0 Å². The predicted molar refractivity (Wildman–Crippen MR) is 84.1 cm³/mol. The molecule has 1 aromatic rings. The molecule has 0 aliphatic heterocycles. The van der Waals surface area contributed by atoms with Crippen molar-refractivity contribution in [3.05, 3.63) is 17.5 Å². The SMILES string of the molecule is Cc1cc(C)n(C(C)C(=O)NCC(CCO)CC(C)C)n1. The van der Waals surface area contributed by atoms with Gasteiger partial charge in [-0.05, 0) is 51.5 Å². The fraction of sp³-hybridized carbons (Fsp3) is 0.750. The van der Waals surface area contributed by atoms with E-state index in [-0.39, 0.29) is 18.6 Å². The van der Waals surface area contributed by atoms with Gasteiger partial charge in [-0.2, -0.15) is 5.10 Å². The molecule has 0 aliphatic carbocycles. The van der Waals surface area contributed by atoms with Gasteiger partial charge < -0.3 is 10.4 Å². The lowest BCUT2D eigenvalue weighted by Gasteiger charge is -2.20. The second-order valence-corrected chi connectivity index (χ2v) is 6.30. The standard InChI is InChI=1S/C16H29N3O2/c1-11(2)8-15(6-7-20)10-17-16(21)14(5)19-13(4)9-12(3)18-19/h9,11,14-15,20H,6-8,10H2,1-5H3,(H,17,21). The Hall–Kier alpha value is -1.36. The van der Waals surface area contributed by atoms with Crippen LogP contribution in [0.1, 0.15) is 51.0 Å². The lowest BCUT2D eigenvalue weighted by Crippen LogP contribution is -2.35. The molecule has 1 amide bonds. The normalized spacial score (nSPS) is 14.2. The minimum Gasteiger partial charge on any atom is -0.396 e. The van der Waals surface area contributed by atoms with Gasteiger partial charge in [-0.25, -0.2) is 0 Å². The highest BCUT2D eigenvalue weighted by Crippen LogP contribution is 2.15. The van der Waals surface area contributed by atoms with Gasteiger partial charge in [0, 0.05) is 18.8 Å². The number of carbonyl (C=O) groups excluding carboxylic acids is 1. The maximum Gasteiger partial charge on any atom is 0.244 e. The summed E-state index contributed by atoms with van der Waals surface area (Å²) in [5, 5.41) is 16.5. The van der Waals surface area contributed by atoms with E-state index in [2.05, 4.69) is 24.3 Å². The molecule has 5 nitrogen and oxygen atoms in total. The van der Waals surface area contributed by atoms with Crippen LogP contribution in [0.4, 0.5) is 0 Å². The van der Waals surface area contributed by atoms with Crippen molar-refractivity contribution in [3.63, 3.8) is 0 Å². The number of aryl methyl sites for hydroxylation is 2. The molecule has 2 unspecified atom stereocenters. The number of carbonyl (C=O) groups is 1. The van der Waals surface area contributed by atoms with Gasteiger partial charge in [0.2, 0.25) is 5.91 Å². The van der Waals surface area contributed by atoms with E-state index >= 15 is 0 Å². The Morgan fingerprint density at radius 2 is 2.05 bits per heavy atom. The summed E-state index contributed by atoms with van der Waals surface area (Å²) in [6, 6.07) is 1.66. The van der Waals surface area contributed by atoms with Crippen molar-refractivity contribution in [2.45, 2.75) is 53.5 Å². The summed E-state index contributed by atoms with van der Waals surface area (Å²) in [5.41, 5.74) is 1.91. The van der Waals surface area contributed by atoms with Crippen molar-refractivity contribution in [1.82, 2.24) is 15.1 Å².